The number of ether oxygens (including phenoxy) is 2. The van der Waals surface area contributed by atoms with E-state index in [0.717, 1.165) is 6.42 Å². The molecule has 17 heavy (non-hydrogen) atoms. The van der Waals surface area contributed by atoms with E-state index in [9.17, 15) is 9.59 Å². The van der Waals surface area contributed by atoms with E-state index >= 15 is 0 Å². The average molecular weight is 236 g/mol. The molecule has 0 radical (unpaired) electrons. The van der Waals surface area contributed by atoms with Gasteiger partial charge in [0.15, 0.2) is 0 Å². The van der Waals surface area contributed by atoms with Crippen LogP contribution in [0.5, 0.6) is 0 Å². The first-order valence-corrected chi connectivity index (χ1v) is 5.47. The van der Waals surface area contributed by atoms with Gasteiger partial charge in [-0.3, -0.25) is 0 Å². The highest BCUT2D eigenvalue weighted by Gasteiger charge is 2.12. The summed E-state index contributed by atoms with van der Waals surface area (Å²) in [6, 6.07) is 6.19. The summed E-state index contributed by atoms with van der Waals surface area (Å²) in [5, 5.41) is 0. The maximum absolute atomic E-state index is 11.6. The van der Waals surface area contributed by atoms with Crippen LogP contribution >= 0.6 is 0 Å². The molecule has 0 aromatic heterocycles. The zero-order valence-electron chi connectivity index (χ0n) is 10.2. The van der Waals surface area contributed by atoms with Crippen molar-refractivity contribution in [2.24, 2.45) is 0 Å². The number of methoxy groups -OCH3 is 1. The molecule has 0 fully saturated rings. The summed E-state index contributed by atoms with van der Waals surface area (Å²) in [6.45, 7) is 3.78. The molecule has 0 N–H and O–H groups in total. The summed E-state index contributed by atoms with van der Waals surface area (Å²) < 4.78 is 9.72. The van der Waals surface area contributed by atoms with E-state index in [-0.39, 0.29) is 12.1 Å². The van der Waals surface area contributed by atoms with E-state index < -0.39 is 5.97 Å². The van der Waals surface area contributed by atoms with Gasteiger partial charge in [0, 0.05) is 0 Å². The lowest BCUT2D eigenvalue weighted by atomic mass is 10.1. The van der Waals surface area contributed by atoms with Gasteiger partial charge in [0.2, 0.25) is 0 Å². The Hall–Kier alpha value is -1.84. The number of benzene rings is 1. The van der Waals surface area contributed by atoms with E-state index in [1.54, 1.807) is 24.3 Å². The largest absolute Gasteiger partial charge is 0.465 e. The summed E-state index contributed by atoms with van der Waals surface area (Å²) in [5.41, 5.74) is 0.838. The minimum Gasteiger partial charge on any atom is -0.465 e. The highest BCUT2D eigenvalue weighted by Crippen LogP contribution is 2.09. The lowest BCUT2D eigenvalue weighted by Gasteiger charge is -2.10. The van der Waals surface area contributed by atoms with Crippen LogP contribution in [0.2, 0.25) is 0 Å². The smallest absolute Gasteiger partial charge is 0.338 e. The number of rotatable bonds is 4. The zero-order chi connectivity index (χ0) is 12.8. The normalized spacial score (nSPS) is 11.7. The number of esters is 2. The molecular weight excluding hydrogens is 220 g/mol. The van der Waals surface area contributed by atoms with Gasteiger partial charge in [0.1, 0.15) is 0 Å². The van der Waals surface area contributed by atoms with Crippen LogP contribution in [0, 0.1) is 0 Å². The number of carbonyl (C=O) groups is 2. The molecular formula is C13H16O4. The van der Waals surface area contributed by atoms with Crippen molar-refractivity contribution in [1.82, 2.24) is 0 Å². The van der Waals surface area contributed by atoms with Crippen molar-refractivity contribution in [3.05, 3.63) is 35.4 Å². The van der Waals surface area contributed by atoms with Gasteiger partial charge in [-0.2, -0.15) is 0 Å². The minimum atomic E-state index is -0.424. The van der Waals surface area contributed by atoms with Crippen LogP contribution < -0.4 is 0 Å². The Labute approximate surface area is 101 Å². The Morgan fingerprint density at radius 3 is 2.00 bits per heavy atom. The second kappa shape index (κ2) is 6.03. The van der Waals surface area contributed by atoms with Gasteiger partial charge in [-0.25, -0.2) is 9.59 Å². The molecule has 0 bridgehead atoms. The number of hydrogen-bond acceptors (Lipinski definition) is 4. The molecule has 0 heterocycles. The van der Waals surface area contributed by atoms with E-state index in [0.29, 0.717) is 11.1 Å². The molecule has 1 aromatic rings. The summed E-state index contributed by atoms with van der Waals surface area (Å²) >= 11 is 0. The predicted octanol–water partition coefficient (Wildman–Crippen LogP) is 2.43. The van der Waals surface area contributed by atoms with Crippen molar-refractivity contribution < 1.29 is 19.1 Å². The second-order valence-electron chi connectivity index (χ2n) is 3.69. The van der Waals surface area contributed by atoms with Gasteiger partial charge < -0.3 is 9.47 Å². The number of hydrogen-bond donors (Lipinski definition) is 0. The third kappa shape index (κ3) is 3.59. The van der Waals surface area contributed by atoms with Crippen LogP contribution in [-0.4, -0.2) is 25.2 Å². The van der Waals surface area contributed by atoms with Crippen molar-refractivity contribution in [3.8, 4) is 0 Å². The molecule has 4 nitrogen and oxygen atoms in total. The Morgan fingerprint density at radius 2 is 1.59 bits per heavy atom. The fraction of sp³-hybridized carbons (Fsp3) is 0.385. The molecule has 0 aliphatic rings. The third-order valence-corrected chi connectivity index (χ3v) is 2.42. The van der Waals surface area contributed by atoms with Crippen LogP contribution in [0.15, 0.2) is 24.3 Å². The van der Waals surface area contributed by atoms with E-state index in [2.05, 4.69) is 4.74 Å². The van der Waals surface area contributed by atoms with Crippen LogP contribution in [-0.2, 0) is 9.47 Å². The van der Waals surface area contributed by atoms with Crippen molar-refractivity contribution in [2.75, 3.05) is 7.11 Å². The standard InChI is InChI=1S/C13H16O4/c1-4-9(2)17-13(15)11-7-5-10(6-8-11)12(14)16-3/h5-9H,4H2,1-3H3. The van der Waals surface area contributed by atoms with Crippen molar-refractivity contribution in [2.45, 2.75) is 26.4 Å². The average Bonchev–Trinajstić information content (AvgIpc) is 2.37. The Balaban J connectivity index is 2.74. The summed E-state index contributed by atoms with van der Waals surface area (Å²) in [7, 11) is 1.31. The molecule has 0 saturated heterocycles. The zero-order valence-corrected chi connectivity index (χ0v) is 10.2. The van der Waals surface area contributed by atoms with Crippen LogP contribution in [0.25, 0.3) is 0 Å². The van der Waals surface area contributed by atoms with Gasteiger partial charge in [-0.15, -0.1) is 0 Å². The fourth-order valence-electron chi connectivity index (χ4n) is 1.19. The minimum absolute atomic E-state index is 0.109. The van der Waals surface area contributed by atoms with Crippen molar-refractivity contribution in [1.29, 1.82) is 0 Å². The van der Waals surface area contributed by atoms with Gasteiger partial charge in [-0.05, 0) is 37.6 Å². The van der Waals surface area contributed by atoms with E-state index in [1.165, 1.54) is 7.11 Å². The molecule has 92 valence electrons. The molecule has 0 saturated carbocycles. The summed E-state index contributed by atoms with van der Waals surface area (Å²) in [6.07, 6.45) is 0.661. The Kier molecular flexibility index (Phi) is 4.69. The molecule has 0 amide bonds. The van der Waals surface area contributed by atoms with E-state index in [4.69, 9.17) is 4.74 Å². The summed E-state index contributed by atoms with van der Waals surface area (Å²) in [4.78, 5) is 22.8. The maximum Gasteiger partial charge on any atom is 0.338 e. The lowest BCUT2D eigenvalue weighted by Crippen LogP contribution is -2.14. The molecule has 1 atom stereocenters. The summed E-state index contributed by atoms with van der Waals surface area (Å²) in [5.74, 6) is -0.803. The van der Waals surface area contributed by atoms with Gasteiger partial charge in [0.05, 0.1) is 24.3 Å². The molecule has 0 aliphatic heterocycles. The SMILES string of the molecule is CCC(C)OC(=O)c1ccc(C(=O)OC)cc1. The van der Waals surface area contributed by atoms with E-state index in [1.807, 2.05) is 13.8 Å². The quantitative estimate of drug-likeness (QED) is 0.753. The molecule has 1 unspecified atom stereocenters. The molecule has 4 heteroatoms. The topological polar surface area (TPSA) is 52.6 Å². The molecule has 1 rings (SSSR count). The van der Waals surface area contributed by atoms with Crippen molar-refractivity contribution >= 4 is 11.9 Å². The van der Waals surface area contributed by atoms with Gasteiger partial charge >= 0.3 is 11.9 Å². The Bertz CT molecular complexity index is 394. The van der Waals surface area contributed by atoms with Gasteiger partial charge in [0.25, 0.3) is 0 Å². The highest BCUT2D eigenvalue weighted by atomic mass is 16.5. The fourth-order valence-corrected chi connectivity index (χ4v) is 1.19. The van der Waals surface area contributed by atoms with Crippen molar-refractivity contribution in [3.63, 3.8) is 0 Å². The monoisotopic (exact) mass is 236 g/mol. The molecule has 1 aromatic carbocycles. The molecule has 0 aliphatic carbocycles. The predicted molar refractivity (Wildman–Crippen MR) is 63.0 cm³/mol. The highest BCUT2D eigenvalue weighted by molar-refractivity contribution is 5.93. The first kappa shape index (κ1) is 13.2. The van der Waals surface area contributed by atoms with Crippen LogP contribution in [0.3, 0.4) is 0 Å². The van der Waals surface area contributed by atoms with Gasteiger partial charge in [-0.1, -0.05) is 6.92 Å². The second-order valence-corrected chi connectivity index (χ2v) is 3.69. The first-order chi connectivity index (χ1) is 8.08. The number of carbonyl (C=O) groups excluding carboxylic acids is 2. The third-order valence-electron chi connectivity index (χ3n) is 2.42. The Morgan fingerprint density at radius 1 is 1.12 bits per heavy atom. The van der Waals surface area contributed by atoms with Crippen LogP contribution in [0.4, 0.5) is 0 Å². The maximum atomic E-state index is 11.6. The molecule has 0 spiro atoms. The van der Waals surface area contributed by atoms with Crippen LogP contribution in [0.1, 0.15) is 41.0 Å². The first-order valence-electron chi connectivity index (χ1n) is 5.47. The lowest BCUT2D eigenvalue weighted by molar-refractivity contribution is 0.0333.